The average molecular weight is 441 g/mol. The molecule has 5 fully saturated rings. The Balaban J connectivity index is 1.23. The van der Waals surface area contributed by atoms with Crippen molar-refractivity contribution in [3.8, 4) is 11.8 Å². The van der Waals surface area contributed by atoms with E-state index < -0.39 is 5.60 Å². The van der Waals surface area contributed by atoms with Crippen LogP contribution in [0.4, 0.5) is 4.39 Å². The van der Waals surface area contributed by atoms with Gasteiger partial charge in [0.1, 0.15) is 11.9 Å². The van der Waals surface area contributed by atoms with Gasteiger partial charge in [-0.05, 0) is 74.8 Å². The average Bonchev–Trinajstić information content (AvgIpc) is 2.75. The Kier molecular flexibility index (Phi) is 5.85. The molecule has 3 unspecified atom stereocenters. The third-order valence-electron chi connectivity index (χ3n) is 8.16. The van der Waals surface area contributed by atoms with Crippen molar-refractivity contribution in [1.29, 1.82) is 5.26 Å². The number of hydrogen-bond donors (Lipinski definition) is 2. The number of piperidine rings is 1. The summed E-state index contributed by atoms with van der Waals surface area (Å²) in [4.78, 5) is 7.24. The van der Waals surface area contributed by atoms with Gasteiger partial charge in [0, 0.05) is 13.1 Å². The van der Waals surface area contributed by atoms with Crippen LogP contribution in [0.3, 0.4) is 0 Å². The Morgan fingerprint density at radius 2 is 1.94 bits per heavy atom. The van der Waals surface area contributed by atoms with E-state index in [9.17, 15) is 14.8 Å². The number of para-hydroxylation sites is 1. The lowest BCUT2D eigenvalue weighted by Crippen LogP contribution is -2.57. The van der Waals surface area contributed by atoms with Gasteiger partial charge in [-0.25, -0.2) is 4.39 Å². The molecule has 7 heteroatoms. The number of hydrogen-bond acceptors (Lipinski definition) is 5. The van der Waals surface area contributed by atoms with Crippen molar-refractivity contribution in [1.82, 2.24) is 4.90 Å². The minimum absolute atomic E-state index is 0.0470. The molecular weight excluding hydrogens is 407 g/mol. The molecule has 0 aromatic heterocycles. The van der Waals surface area contributed by atoms with Crippen LogP contribution in [-0.2, 0) is 0 Å². The van der Waals surface area contributed by atoms with Gasteiger partial charge in [0.15, 0.2) is 11.6 Å². The van der Waals surface area contributed by atoms with E-state index in [4.69, 9.17) is 15.5 Å². The fourth-order valence-electron chi connectivity index (χ4n) is 6.96. The van der Waals surface area contributed by atoms with Gasteiger partial charge < -0.3 is 15.6 Å². The van der Waals surface area contributed by atoms with Crippen molar-refractivity contribution in [2.24, 2.45) is 28.5 Å². The molecule has 0 radical (unpaired) electrons. The van der Waals surface area contributed by atoms with E-state index >= 15 is 0 Å². The lowest BCUT2D eigenvalue weighted by Gasteiger charge is -2.57. The van der Waals surface area contributed by atoms with Gasteiger partial charge in [-0.2, -0.15) is 5.26 Å². The van der Waals surface area contributed by atoms with E-state index in [0.29, 0.717) is 35.8 Å². The Hall–Kier alpha value is -2.17. The van der Waals surface area contributed by atoms with Gasteiger partial charge >= 0.3 is 0 Å². The molecule has 6 nitrogen and oxygen atoms in total. The molecule has 1 aliphatic heterocycles. The highest BCUT2D eigenvalue weighted by molar-refractivity contribution is 5.86. The van der Waals surface area contributed by atoms with Crippen molar-refractivity contribution in [2.75, 3.05) is 13.1 Å². The Bertz CT molecular complexity index is 891. The van der Waals surface area contributed by atoms with Gasteiger partial charge in [0.25, 0.3) is 0 Å². The highest BCUT2D eigenvalue weighted by atomic mass is 19.1. The quantitative estimate of drug-likeness (QED) is 0.523. The van der Waals surface area contributed by atoms with E-state index in [2.05, 4.69) is 11.0 Å². The first-order chi connectivity index (χ1) is 15.4. The topological polar surface area (TPSA) is 94.9 Å². The van der Waals surface area contributed by atoms with Crippen molar-refractivity contribution in [2.45, 2.75) is 75.2 Å². The normalized spacial score (nSPS) is 36.1. The number of aliphatic imine (C=N–C) groups is 1. The minimum Gasteiger partial charge on any atom is -0.487 e. The number of amidine groups is 1. The molecular formula is C25H33FN4O2. The van der Waals surface area contributed by atoms with Crippen LogP contribution in [-0.4, -0.2) is 52.7 Å². The SMILES string of the molecule is N#CCC(C(N)=NC1C2CC3CC1CC(O)(C3)C2)N1CCC(Oc2ccccc2F)CC1. The van der Waals surface area contributed by atoms with Gasteiger partial charge in [-0.3, -0.25) is 9.89 Å². The standard InChI is InChI=1S/C25H33FN4O2/c26-20-3-1-2-4-22(20)32-19-6-9-30(10-7-19)21(5-8-27)24(28)29-23-17-11-16-12-18(23)15-25(31,13-16)14-17/h1-4,16-19,21,23,31H,5-7,9-15H2,(H2,28,29). The molecule has 1 heterocycles. The zero-order valence-corrected chi connectivity index (χ0v) is 18.5. The van der Waals surface area contributed by atoms with Gasteiger partial charge in [0.2, 0.25) is 0 Å². The number of aliphatic hydroxyl groups is 1. The Labute approximate surface area is 189 Å². The Morgan fingerprint density at radius 3 is 2.56 bits per heavy atom. The van der Waals surface area contributed by atoms with Crippen LogP contribution in [0.2, 0.25) is 0 Å². The number of nitrogens with two attached hydrogens (primary N) is 1. The number of halogens is 1. The molecule has 1 aromatic carbocycles. The largest absolute Gasteiger partial charge is 0.487 e. The molecule has 0 spiro atoms. The van der Waals surface area contributed by atoms with Crippen LogP contribution >= 0.6 is 0 Å². The predicted molar refractivity (Wildman–Crippen MR) is 120 cm³/mol. The third kappa shape index (κ3) is 4.23. The molecule has 32 heavy (non-hydrogen) atoms. The van der Waals surface area contributed by atoms with E-state index in [1.807, 2.05) is 0 Å². The van der Waals surface area contributed by atoms with Crippen molar-refractivity contribution in [3.05, 3.63) is 30.1 Å². The highest BCUT2D eigenvalue weighted by Gasteiger charge is 2.55. The number of nitriles is 1. The van der Waals surface area contributed by atoms with Crippen molar-refractivity contribution >= 4 is 5.84 Å². The lowest BCUT2D eigenvalue weighted by atomic mass is 9.52. The van der Waals surface area contributed by atoms with Crippen LogP contribution in [0, 0.1) is 34.9 Å². The summed E-state index contributed by atoms with van der Waals surface area (Å²) in [5.41, 5.74) is 6.06. The molecule has 4 saturated carbocycles. The molecule has 5 aliphatic rings. The van der Waals surface area contributed by atoms with Crippen LogP contribution in [0.5, 0.6) is 5.75 Å². The number of rotatable bonds is 6. The molecule has 4 bridgehead atoms. The zero-order chi connectivity index (χ0) is 22.3. The summed E-state index contributed by atoms with van der Waals surface area (Å²) >= 11 is 0. The maximum absolute atomic E-state index is 13.9. The second-order valence-electron chi connectivity index (χ2n) is 10.4. The van der Waals surface area contributed by atoms with E-state index in [1.165, 1.54) is 6.07 Å². The van der Waals surface area contributed by atoms with Gasteiger partial charge in [-0.15, -0.1) is 0 Å². The van der Waals surface area contributed by atoms with Crippen molar-refractivity contribution in [3.63, 3.8) is 0 Å². The number of likely N-dealkylation sites (tertiary alicyclic amines) is 1. The summed E-state index contributed by atoms with van der Waals surface area (Å²) in [7, 11) is 0. The first-order valence-electron chi connectivity index (χ1n) is 12.0. The second-order valence-corrected chi connectivity index (χ2v) is 10.4. The molecule has 1 saturated heterocycles. The highest BCUT2D eigenvalue weighted by Crippen LogP contribution is 2.56. The molecule has 3 N–H and O–H groups in total. The molecule has 6 rings (SSSR count). The summed E-state index contributed by atoms with van der Waals surface area (Å²) in [6.07, 6.45) is 6.68. The first kappa shape index (κ1) is 21.7. The lowest BCUT2D eigenvalue weighted by molar-refractivity contribution is -0.132. The molecule has 1 aromatic rings. The van der Waals surface area contributed by atoms with E-state index in [1.54, 1.807) is 18.2 Å². The second kappa shape index (κ2) is 8.64. The van der Waals surface area contributed by atoms with Crippen LogP contribution < -0.4 is 10.5 Å². The fraction of sp³-hybridized carbons (Fsp3) is 0.680. The zero-order valence-electron chi connectivity index (χ0n) is 18.5. The van der Waals surface area contributed by atoms with Crippen LogP contribution in [0.25, 0.3) is 0 Å². The summed E-state index contributed by atoms with van der Waals surface area (Å²) in [5.74, 6) is 1.97. The summed E-state index contributed by atoms with van der Waals surface area (Å²) in [6, 6.07) is 8.76. The first-order valence-corrected chi connectivity index (χ1v) is 12.0. The molecule has 0 amide bonds. The minimum atomic E-state index is -0.483. The number of nitrogens with zero attached hydrogens (tertiary/aromatic N) is 3. The smallest absolute Gasteiger partial charge is 0.165 e. The van der Waals surface area contributed by atoms with Crippen molar-refractivity contribution < 1.29 is 14.2 Å². The molecule has 172 valence electrons. The van der Waals surface area contributed by atoms with E-state index in [0.717, 1.165) is 58.0 Å². The monoisotopic (exact) mass is 440 g/mol. The van der Waals surface area contributed by atoms with Gasteiger partial charge in [-0.1, -0.05) is 12.1 Å². The molecule has 4 aliphatic carbocycles. The summed E-state index contributed by atoms with van der Waals surface area (Å²) in [6.45, 7) is 1.47. The summed E-state index contributed by atoms with van der Waals surface area (Å²) < 4.78 is 19.8. The Morgan fingerprint density at radius 1 is 1.25 bits per heavy atom. The predicted octanol–water partition coefficient (Wildman–Crippen LogP) is 3.25. The van der Waals surface area contributed by atoms with Gasteiger partial charge in [0.05, 0.1) is 30.2 Å². The van der Waals surface area contributed by atoms with Crippen LogP contribution in [0.15, 0.2) is 29.3 Å². The third-order valence-corrected chi connectivity index (χ3v) is 8.16. The maximum atomic E-state index is 13.9. The number of ether oxygens (including phenoxy) is 1. The van der Waals surface area contributed by atoms with Crippen LogP contribution in [0.1, 0.15) is 51.4 Å². The van der Waals surface area contributed by atoms with E-state index in [-0.39, 0.29) is 24.0 Å². The summed E-state index contributed by atoms with van der Waals surface area (Å²) in [5, 5.41) is 20.3. The molecule has 3 atom stereocenters. The number of benzene rings is 1. The fourth-order valence-corrected chi connectivity index (χ4v) is 6.96. The maximum Gasteiger partial charge on any atom is 0.165 e.